The minimum atomic E-state index is -2.71. The molecule has 3 rings (SSSR count). The second-order valence-corrected chi connectivity index (χ2v) is 11.8. The highest BCUT2D eigenvalue weighted by Gasteiger charge is 2.32. The number of alkyl halides is 2. The van der Waals surface area contributed by atoms with Crippen molar-refractivity contribution in [2.45, 2.75) is 88.8 Å². The first-order chi connectivity index (χ1) is 14.0. The molecule has 0 N–H and O–H groups in total. The number of ether oxygens (including phenoxy) is 1. The van der Waals surface area contributed by atoms with Gasteiger partial charge in [0.05, 0.1) is 0 Å². The second-order valence-electron chi connectivity index (χ2n) is 8.81. The predicted octanol–water partition coefficient (Wildman–Crippen LogP) is 7.59. The Bertz CT molecular complexity index is 638. The minimum absolute atomic E-state index is 0.0117. The van der Waals surface area contributed by atoms with Gasteiger partial charge in [-0.05, 0) is 55.1 Å². The highest BCUT2D eigenvalue weighted by Crippen LogP contribution is 2.44. The molecular weight excluding hydrogens is 396 g/mol. The smallest absolute Gasteiger partial charge is 0.272 e. The van der Waals surface area contributed by atoms with E-state index in [0.29, 0.717) is 5.56 Å². The van der Waals surface area contributed by atoms with Gasteiger partial charge in [0, 0.05) is 14.9 Å². The highest BCUT2D eigenvalue weighted by molar-refractivity contribution is 6.58. The number of hydrogen-bond donors (Lipinski definition) is 0. The molecule has 1 heterocycles. The summed E-state index contributed by atoms with van der Waals surface area (Å²) in [4.78, 5) is 0. The van der Waals surface area contributed by atoms with Crippen LogP contribution in [0, 0.1) is 23.5 Å². The molecule has 163 valence electrons. The van der Waals surface area contributed by atoms with Gasteiger partial charge in [0.2, 0.25) is 0 Å². The third kappa shape index (κ3) is 6.22. The number of unbranched alkanes of at least 4 members (excludes halogenated alkanes) is 1. The molecule has 1 saturated carbocycles. The molecule has 1 aromatic rings. The molecule has 6 heteroatoms. The van der Waals surface area contributed by atoms with Crippen LogP contribution in [0.2, 0.25) is 18.1 Å². The van der Waals surface area contributed by atoms with Crippen molar-refractivity contribution in [1.29, 1.82) is 0 Å². The molecule has 0 aromatic heterocycles. The maximum Gasteiger partial charge on any atom is 0.272 e. The Hall–Kier alpha value is -1.04. The Kier molecular flexibility index (Phi) is 8.45. The molecule has 0 bridgehead atoms. The molecule has 2 aliphatic rings. The van der Waals surface area contributed by atoms with Gasteiger partial charge in [-0.2, -0.15) is 0 Å². The van der Waals surface area contributed by atoms with Gasteiger partial charge in [0.1, 0.15) is 12.4 Å². The molecule has 1 saturated heterocycles. The summed E-state index contributed by atoms with van der Waals surface area (Å²) in [5.41, 5.74) is 0.374. The first-order valence-electron chi connectivity index (χ1n) is 11.2. The van der Waals surface area contributed by atoms with E-state index in [2.05, 4.69) is 11.7 Å². The molecule has 0 unspecified atom stereocenters. The van der Waals surface area contributed by atoms with Gasteiger partial charge in [0.15, 0.2) is 11.6 Å². The molecule has 1 nitrogen and oxygen atoms in total. The summed E-state index contributed by atoms with van der Waals surface area (Å²) in [5.74, 6) is -0.167. The van der Waals surface area contributed by atoms with E-state index in [4.69, 9.17) is 0 Å². The fraction of sp³-hybridized carbons (Fsp3) is 0.739. The number of halogens is 4. The fourth-order valence-electron chi connectivity index (χ4n) is 5.22. The molecule has 0 atom stereocenters. The topological polar surface area (TPSA) is 9.23 Å². The number of hydrogen-bond acceptors (Lipinski definition) is 1. The van der Waals surface area contributed by atoms with Crippen molar-refractivity contribution in [3.63, 3.8) is 0 Å². The lowest BCUT2D eigenvalue weighted by atomic mass is 9.72. The van der Waals surface area contributed by atoms with E-state index in [0.717, 1.165) is 49.7 Å². The standard InChI is InChI=1S/C23H33F4OSi/c1-2-3-10-29-11-8-17(9-12-29)16-4-6-18(7-5-16)19-13-21(25)22(14-20(19)24)28-15-23(26)27/h13-14,16-18,23H,2-12,15H2,1H3. The van der Waals surface area contributed by atoms with Gasteiger partial charge in [-0.15, -0.1) is 0 Å². The second kappa shape index (κ2) is 10.8. The highest BCUT2D eigenvalue weighted by atomic mass is 28.3. The largest absolute Gasteiger partial charge is 0.484 e. The van der Waals surface area contributed by atoms with Gasteiger partial charge >= 0.3 is 0 Å². The molecule has 1 radical (unpaired) electrons. The Morgan fingerprint density at radius 3 is 2.24 bits per heavy atom. The quantitative estimate of drug-likeness (QED) is 0.305. The summed E-state index contributed by atoms with van der Waals surface area (Å²) in [6.45, 7) is 1.34. The number of rotatable bonds is 8. The van der Waals surface area contributed by atoms with Crippen molar-refractivity contribution in [3.05, 3.63) is 29.3 Å². The molecule has 1 aliphatic carbocycles. The monoisotopic (exact) mass is 429 g/mol. The fourth-order valence-corrected chi connectivity index (χ4v) is 8.38. The summed E-state index contributed by atoms with van der Waals surface area (Å²) in [5, 5.41) is 0. The van der Waals surface area contributed by atoms with E-state index < -0.39 is 30.4 Å². The normalized spacial score (nSPS) is 24.2. The van der Waals surface area contributed by atoms with E-state index in [-0.39, 0.29) is 14.7 Å². The van der Waals surface area contributed by atoms with Crippen molar-refractivity contribution in [1.82, 2.24) is 0 Å². The molecule has 29 heavy (non-hydrogen) atoms. The van der Waals surface area contributed by atoms with E-state index in [9.17, 15) is 17.6 Å². The lowest BCUT2D eigenvalue weighted by Crippen LogP contribution is -2.28. The van der Waals surface area contributed by atoms with Crippen molar-refractivity contribution < 1.29 is 22.3 Å². The molecule has 0 spiro atoms. The summed E-state index contributed by atoms with van der Waals surface area (Å²) < 4.78 is 57.9. The van der Waals surface area contributed by atoms with Crippen molar-refractivity contribution in [2.24, 2.45) is 11.8 Å². The third-order valence-electron chi connectivity index (χ3n) is 6.92. The predicted molar refractivity (Wildman–Crippen MR) is 110 cm³/mol. The lowest BCUT2D eigenvalue weighted by Gasteiger charge is -2.37. The van der Waals surface area contributed by atoms with Crippen molar-refractivity contribution >= 4 is 8.80 Å². The molecule has 1 aromatic carbocycles. The zero-order valence-corrected chi connectivity index (χ0v) is 18.4. The van der Waals surface area contributed by atoms with E-state index in [1.54, 1.807) is 0 Å². The summed E-state index contributed by atoms with van der Waals surface area (Å²) in [6, 6.07) is 6.47. The van der Waals surface area contributed by atoms with Crippen LogP contribution in [-0.2, 0) is 0 Å². The Labute approximate surface area is 173 Å². The summed E-state index contributed by atoms with van der Waals surface area (Å²) >= 11 is 0. The average Bonchev–Trinajstić information content (AvgIpc) is 2.73. The third-order valence-corrected chi connectivity index (χ3v) is 9.97. The molecule has 0 amide bonds. The van der Waals surface area contributed by atoms with Crippen LogP contribution in [-0.4, -0.2) is 21.8 Å². The number of benzene rings is 1. The maximum absolute atomic E-state index is 14.5. The Morgan fingerprint density at radius 1 is 0.966 bits per heavy atom. The van der Waals surface area contributed by atoms with Crippen LogP contribution in [0.25, 0.3) is 0 Å². The van der Waals surface area contributed by atoms with E-state index in [1.807, 2.05) is 0 Å². The minimum Gasteiger partial charge on any atom is -0.484 e. The van der Waals surface area contributed by atoms with Crippen LogP contribution in [0.4, 0.5) is 17.6 Å². The van der Waals surface area contributed by atoms with Gasteiger partial charge in [-0.3, -0.25) is 0 Å². The Morgan fingerprint density at radius 2 is 1.62 bits per heavy atom. The average molecular weight is 430 g/mol. The lowest BCUT2D eigenvalue weighted by molar-refractivity contribution is 0.0796. The summed E-state index contributed by atoms with van der Waals surface area (Å²) in [7, 11) is -0.109. The Balaban J connectivity index is 1.51. The van der Waals surface area contributed by atoms with Crippen molar-refractivity contribution in [3.8, 4) is 5.75 Å². The zero-order valence-electron chi connectivity index (χ0n) is 17.4. The van der Waals surface area contributed by atoms with Crippen LogP contribution in [0.15, 0.2) is 12.1 Å². The zero-order chi connectivity index (χ0) is 20.8. The van der Waals surface area contributed by atoms with Crippen LogP contribution in [0.1, 0.15) is 69.8 Å². The van der Waals surface area contributed by atoms with Crippen LogP contribution >= 0.6 is 0 Å². The SMILES string of the molecule is CCCC[Si]1CCC(C2CCC(c3cc(F)c(OCC(F)F)cc3F)CC2)CC1. The first kappa shape index (κ1) is 22.6. The van der Waals surface area contributed by atoms with Crippen LogP contribution in [0.3, 0.4) is 0 Å². The van der Waals surface area contributed by atoms with Gasteiger partial charge in [0.25, 0.3) is 6.43 Å². The molecule has 2 fully saturated rings. The first-order valence-corrected chi connectivity index (χ1v) is 13.3. The van der Waals surface area contributed by atoms with Gasteiger partial charge in [-0.25, -0.2) is 17.6 Å². The van der Waals surface area contributed by atoms with Gasteiger partial charge < -0.3 is 4.74 Å². The van der Waals surface area contributed by atoms with Crippen molar-refractivity contribution in [2.75, 3.05) is 6.61 Å². The maximum atomic E-state index is 14.5. The van der Waals surface area contributed by atoms with Crippen LogP contribution in [0.5, 0.6) is 5.75 Å². The van der Waals surface area contributed by atoms with E-state index in [1.165, 1.54) is 43.8 Å². The summed E-state index contributed by atoms with van der Waals surface area (Å²) in [6.07, 6.45) is 6.63. The van der Waals surface area contributed by atoms with E-state index >= 15 is 0 Å². The molecule has 1 aliphatic heterocycles. The van der Waals surface area contributed by atoms with Crippen LogP contribution < -0.4 is 4.74 Å². The van der Waals surface area contributed by atoms with Gasteiger partial charge in [-0.1, -0.05) is 50.7 Å². The molecular formula is C23H33F4OSi.